The lowest BCUT2D eigenvalue weighted by molar-refractivity contribution is 0.262. The summed E-state index contributed by atoms with van der Waals surface area (Å²) < 4.78 is 11.0. The number of nitrogens with one attached hydrogen (secondary N) is 2. The Kier molecular flexibility index (Phi) is 6.00. The Labute approximate surface area is 155 Å². The summed E-state index contributed by atoms with van der Waals surface area (Å²) >= 11 is 1.31. The number of carbonyl (C=O) groups is 1. The second-order valence-electron chi connectivity index (χ2n) is 5.20. The largest absolute Gasteiger partial charge is 0.493 e. The summed E-state index contributed by atoms with van der Waals surface area (Å²) in [6, 6.07) is 16.3. The van der Waals surface area contributed by atoms with Crippen LogP contribution in [0.3, 0.4) is 0 Å². The summed E-state index contributed by atoms with van der Waals surface area (Å²) in [4.78, 5) is 11.9. The molecule has 0 saturated heterocycles. The first-order valence-corrected chi connectivity index (χ1v) is 8.77. The molecule has 0 aliphatic heterocycles. The molecule has 0 radical (unpaired) electrons. The molecule has 1 aromatic heterocycles. The molecule has 2 aromatic carbocycles. The quantitative estimate of drug-likeness (QED) is 0.660. The van der Waals surface area contributed by atoms with Gasteiger partial charge in [0.1, 0.15) is 5.01 Å². The number of aromatic nitrogens is 2. The summed E-state index contributed by atoms with van der Waals surface area (Å²) in [6.07, 6.45) is 0.581. The lowest BCUT2D eigenvalue weighted by atomic mass is 10.3. The molecule has 0 aliphatic rings. The van der Waals surface area contributed by atoms with Crippen LogP contribution >= 0.6 is 11.3 Å². The van der Waals surface area contributed by atoms with E-state index in [9.17, 15) is 4.79 Å². The normalized spacial score (nSPS) is 10.2. The van der Waals surface area contributed by atoms with Crippen LogP contribution in [-0.4, -0.2) is 29.9 Å². The molecule has 0 atom stereocenters. The van der Waals surface area contributed by atoms with Gasteiger partial charge in [0, 0.05) is 12.1 Å². The molecule has 0 bridgehead atoms. The van der Waals surface area contributed by atoms with Gasteiger partial charge in [-0.3, -0.25) is 5.32 Å². The Bertz CT molecular complexity index is 854. The molecule has 0 spiro atoms. The van der Waals surface area contributed by atoms with Crippen LogP contribution in [0.2, 0.25) is 0 Å². The van der Waals surface area contributed by atoms with Crippen LogP contribution in [0.4, 0.5) is 15.6 Å². The van der Waals surface area contributed by atoms with Crippen molar-refractivity contribution in [1.82, 2.24) is 10.2 Å². The lowest BCUT2D eigenvalue weighted by Crippen LogP contribution is -2.19. The van der Waals surface area contributed by atoms with Gasteiger partial charge in [-0.1, -0.05) is 41.7 Å². The summed E-state index contributed by atoms with van der Waals surface area (Å²) in [5.74, 6) is 1.37. The van der Waals surface area contributed by atoms with E-state index < -0.39 is 0 Å². The fourth-order valence-corrected chi connectivity index (χ4v) is 2.89. The smallest absolute Gasteiger partial charge is 0.325 e. The van der Waals surface area contributed by atoms with E-state index in [2.05, 4.69) is 20.8 Å². The first-order valence-electron chi connectivity index (χ1n) is 7.96. The number of rotatable bonds is 7. The van der Waals surface area contributed by atoms with Crippen molar-refractivity contribution in [2.24, 2.45) is 0 Å². The maximum absolute atomic E-state index is 11.9. The van der Waals surface area contributed by atoms with Gasteiger partial charge in [0.2, 0.25) is 5.13 Å². The van der Waals surface area contributed by atoms with Gasteiger partial charge < -0.3 is 14.8 Å². The van der Waals surface area contributed by atoms with Crippen molar-refractivity contribution in [3.63, 3.8) is 0 Å². The van der Waals surface area contributed by atoms with Crippen LogP contribution in [0, 0.1) is 0 Å². The Morgan fingerprint density at radius 3 is 2.50 bits per heavy atom. The maximum atomic E-state index is 11.9. The van der Waals surface area contributed by atoms with E-state index >= 15 is 0 Å². The summed E-state index contributed by atoms with van der Waals surface area (Å²) in [5, 5.41) is 14.6. The van der Waals surface area contributed by atoms with E-state index in [4.69, 9.17) is 9.47 Å². The molecule has 3 rings (SSSR count). The van der Waals surface area contributed by atoms with Crippen LogP contribution in [0.25, 0.3) is 0 Å². The maximum Gasteiger partial charge on any atom is 0.325 e. The number of benzene rings is 2. The van der Waals surface area contributed by atoms with Crippen LogP contribution in [0.15, 0.2) is 54.6 Å². The van der Waals surface area contributed by atoms with E-state index in [0.717, 1.165) is 5.01 Å². The van der Waals surface area contributed by atoms with Gasteiger partial charge in [-0.05, 0) is 24.3 Å². The van der Waals surface area contributed by atoms with E-state index in [1.54, 1.807) is 19.2 Å². The highest BCUT2D eigenvalue weighted by Gasteiger charge is 2.09. The minimum Gasteiger partial charge on any atom is -0.493 e. The molecule has 8 heteroatoms. The fourth-order valence-electron chi connectivity index (χ4n) is 2.17. The zero-order valence-corrected chi connectivity index (χ0v) is 15.0. The highest BCUT2D eigenvalue weighted by molar-refractivity contribution is 7.15. The second-order valence-corrected chi connectivity index (χ2v) is 6.26. The SMILES string of the molecule is COc1ccccc1OCCc1nnc(NC(=O)Nc2ccccc2)s1. The van der Waals surface area contributed by atoms with Crippen molar-refractivity contribution in [1.29, 1.82) is 0 Å². The number of nitrogens with zero attached hydrogens (tertiary/aromatic N) is 2. The molecule has 0 fully saturated rings. The van der Waals surface area contributed by atoms with Crippen molar-refractivity contribution in [2.45, 2.75) is 6.42 Å². The number of methoxy groups -OCH3 is 1. The number of hydrogen-bond acceptors (Lipinski definition) is 6. The van der Waals surface area contributed by atoms with E-state index in [1.165, 1.54) is 11.3 Å². The van der Waals surface area contributed by atoms with Gasteiger partial charge in [-0.15, -0.1) is 10.2 Å². The molecule has 0 saturated carbocycles. The number of anilines is 2. The Hall–Kier alpha value is -3.13. The molecular weight excluding hydrogens is 352 g/mol. The summed E-state index contributed by atoms with van der Waals surface area (Å²) in [7, 11) is 1.60. The van der Waals surface area contributed by atoms with Crippen molar-refractivity contribution in [3.05, 3.63) is 59.6 Å². The highest BCUT2D eigenvalue weighted by atomic mass is 32.1. The molecule has 0 aliphatic carbocycles. The van der Waals surface area contributed by atoms with E-state index in [0.29, 0.717) is 35.3 Å². The molecule has 2 N–H and O–H groups in total. The monoisotopic (exact) mass is 370 g/mol. The summed E-state index contributed by atoms with van der Waals surface area (Å²) in [5.41, 5.74) is 0.708. The predicted molar refractivity (Wildman–Crippen MR) is 101 cm³/mol. The number of para-hydroxylation sites is 3. The third kappa shape index (κ3) is 4.93. The lowest BCUT2D eigenvalue weighted by Gasteiger charge is -2.09. The number of amides is 2. The first kappa shape index (κ1) is 17.7. The van der Waals surface area contributed by atoms with Gasteiger partial charge in [0.25, 0.3) is 0 Å². The number of urea groups is 1. The predicted octanol–water partition coefficient (Wildman–Crippen LogP) is 3.81. The minimum absolute atomic E-state index is 0.357. The molecule has 3 aromatic rings. The number of hydrogen-bond donors (Lipinski definition) is 2. The van der Waals surface area contributed by atoms with Crippen molar-refractivity contribution >= 4 is 28.2 Å². The van der Waals surface area contributed by atoms with Crippen LogP contribution in [-0.2, 0) is 6.42 Å². The fraction of sp³-hybridized carbons (Fsp3) is 0.167. The third-order valence-electron chi connectivity index (χ3n) is 3.36. The Morgan fingerprint density at radius 1 is 1.00 bits per heavy atom. The molecule has 134 valence electrons. The third-order valence-corrected chi connectivity index (χ3v) is 4.26. The Balaban J connectivity index is 1.48. The van der Waals surface area contributed by atoms with E-state index in [-0.39, 0.29) is 6.03 Å². The topological polar surface area (TPSA) is 85.4 Å². The molecular formula is C18H18N4O3S. The average Bonchev–Trinajstić information content (AvgIpc) is 3.10. The number of ether oxygens (including phenoxy) is 2. The number of carbonyl (C=O) groups excluding carboxylic acids is 1. The van der Waals surface area contributed by atoms with Crippen molar-refractivity contribution < 1.29 is 14.3 Å². The van der Waals surface area contributed by atoms with Crippen molar-refractivity contribution in [3.8, 4) is 11.5 Å². The van der Waals surface area contributed by atoms with Crippen LogP contribution in [0.5, 0.6) is 11.5 Å². The molecule has 2 amide bonds. The average molecular weight is 370 g/mol. The summed E-state index contributed by atoms with van der Waals surface area (Å²) in [6.45, 7) is 0.436. The Morgan fingerprint density at radius 2 is 1.73 bits per heavy atom. The first-order chi connectivity index (χ1) is 12.7. The van der Waals surface area contributed by atoms with Crippen molar-refractivity contribution in [2.75, 3.05) is 24.4 Å². The van der Waals surface area contributed by atoms with Gasteiger partial charge in [0.05, 0.1) is 13.7 Å². The zero-order valence-electron chi connectivity index (χ0n) is 14.1. The standard InChI is InChI=1S/C18H18N4O3S/c1-24-14-9-5-6-10-15(14)25-12-11-16-21-22-18(26-16)20-17(23)19-13-7-3-2-4-8-13/h2-10H,11-12H2,1H3,(H2,19,20,22,23). The molecule has 1 heterocycles. The van der Waals surface area contributed by atoms with Crippen LogP contribution in [0.1, 0.15) is 5.01 Å². The minimum atomic E-state index is -0.357. The van der Waals surface area contributed by atoms with E-state index in [1.807, 2.05) is 42.5 Å². The van der Waals surface area contributed by atoms with Gasteiger partial charge in [-0.2, -0.15) is 0 Å². The second kappa shape index (κ2) is 8.82. The van der Waals surface area contributed by atoms with Crippen LogP contribution < -0.4 is 20.1 Å². The molecule has 7 nitrogen and oxygen atoms in total. The zero-order chi connectivity index (χ0) is 18.2. The highest BCUT2D eigenvalue weighted by Crippen LogP contribution is 2.26. The molecule has 26 heavy (non-hydrogen) atoms. The molecule has 0 unspecified atom stereocenters. The van der Waals surface area contributed by atoms with Gasteiger partial charge in [0.15, 0.2) is 11.5 Å². The van der Waals surface area contributed by atoms with Gasteiger partial charge >= 0.3 is 6.03 Å². The van der Waals surface area contributed by atoms with Gasteiger partial charge in [-0.25, -0.2) is 4.79 Å².